The molecule has 0 radical (unpaired) electrons. The van der Waals surface area contributed by atoms with Crippen molar-refractivity contribution in [3.05, 3.63) is 0 Å². The fourth-order valence-corrected chi connectivity index (χ4v) is 2.67. The van der Waals surface area contributed by atoms with Crippen LogP contribution in [0.25, 0.3) is 0 Å². The van der Waals surface area contributed by atoms with Crippen molar-refractivity contribution in [3.8, 4) is 0 Å². The summed E-state index contributed by atoms with van der Waals surface area (Å²) in [6.45, 7) is 2.24. The van der Waals surface area contributed by atoms with Gasteiger partial charge in [0.05, 0.1) is 0 Å². The molecule has 0 aliphatic carbocycles. The molecule has 1 nitrogen and oxygen atoms in total. The van der Waals surface area contributed by atoms with E-state index >= 15 is 0 Å². The van der Waals surface area contributed by atoms with Crippen molar-refractivity contribution >= 4 is 33.0 Å². The van der Waals surface area contributed by atoms with E-state index in [9.17, 15) is 0 Å². The summed E-state index contributed by atoms with van der Waals surface area (Å²) in [4.78, 5) is 0. The zero-order chi connectivity index (χ0) is 9.94. The lowest BCUT2D eigenvalue weighted by Crippen LogP contribution is -2.01. The van der Waals surface area contributed by atoms with Crippen molar-refractivity contribution in [3.63, 3.8) is 0 Å². The Morgan fingerprint density at radius 3 is 2.31 bits per heavy atom. The van der Waals surface area contributed by atoms with Crippen LogP contribution in [-0.4, -0.2) is 14.8 Å². The van der Waals surface area contributed by atoms with E-state index in [1.54, 1.807) is 0 Å². The molecule has 0 rings (SSSR count). The molecular formula is C9H20Cl2OSi. The molecule has 0 aliphatic heterocycles. The molecule has 0 spiro atoms. The van der Waals surface area contributed by atoms with Crippen LogP contribution in [-0.2, 0) is 4.43 Å². The molecule has 0 aliphatic rings. The first-order valence-corrected chi connectivity index (χ1v) is 7.62. The molecule has 13 heavy (non-hydrogen) atoms. The molecule has 0 unspecified atom stereocenters. The van der Waals surface area contributed by atoms with Crippen molar-refractivity contribution in [1.82, 2.24) is 0 Å². The predicted molar refractivity (Wildman–Crippen MR) is 63.3 cm³/mol. The van der Waals surface area contributed by atoms with Crippen LogP contribution in [0.5, 0.6) is 0 Å². The van der Waals surface area contributed by atoms with Gasteiger partial charge in [-0.1, -0.05) is 68.7 Å². The number of rotatable bonds is 9. The van der Waals surface area contributed by atoms with Crippen LogP contribution < -0.4 is 0 Å². The molecule has 4 heteroatoms. The number of alkyl halides is 2. The largest absolute Gasteiger partial charge is 0.397 e. The van der Waals surface area contributed by atoms with Gasteiger partial charge >= 0.3 is 0 Å². The van der Waals surface area contributed by atoms with E-state index in [4.69, 9.17) is 27.6 Å². The minimum absolute atomic E-state index is 0.440. The third kappa shape index (κ3) is 12.8. The van der Waals surface area contributed by atoms with E-state index in [0.717, 1.165) is 0 Å². The van der Waals surface area contributed by atoms with Crippen LogP contribution in [0.3, 0.4) is 0 Å². The topological polar surface area (TPSA) is 9.23 Å². The normalized spacial score (nSPS) is 12.0. The van der Waals surface area contributed by atoms with Gasteiger partial charge in [0.25, 0.3) is 0 Å². The molecule has 0 aromatic carbocycles. The van der Waals surface area contributed by atoms with Gasteiger partial charge in [-0.2, -0.15) is 0 Å². The Hall–Kier alpha value is 0.757. The van der Waals surface area contributed by atoms with Crippen LogP contribution >= 0.6 is 23.2 Å². The number of hydrogen-bond acceptors (Lipinski definition) is 1. The molecule has 0 bridgehead atoms. The van der Waals surface area contributed by atoms with E-state index in [1.165, 1.54) is 44.6 Å². The molecule has 0 saturated heterocycles. The van der Waals surface area contributed by atoms with Gasteiger partial charge < -0.3 is 4.43 Å². The molecule has 0 heterocycles. The molecular weight excluding hydrogens is 223 g/mol. The van der Waals surface area contributed by atoms with Gasteiger partial charge in [-0.15, -0.1) is 0 Å². The van der Waals surface area contributed by atoms with Crippen LogP contribution in [0.15, 0.2) is 0 Å². The monoisotopic (exact) mass is 242 g/mol. The summed E-state index contributed by atoms with van der Waals surface area (Å²) in [6, 6.07) is 1.21. The molecule has 0 amide bonds. The lowest BCUT2D eigenvalue weighted by Gasteiger charge is -2.03. The average Bonchev–Trinajstić information content (AvgIpc) is 2.09. The second-order valence-corrected chi connectivity index (χ2v) is 5.72. The van der Waals surface area contributed by atoms with Gasteiger partial charge in [0.15, 0.2) is 14.8 Å². The Bertz CT molecular complexity index is 102. The predicted octanol–water partition coefficient (Wildman–Crippen LogP) is 3.63. The average molecular weight is 243 g/mol. The highest BCUT2D eigenvalue weighted by Crippen LogP contribution is 2.08. The molecule has 0 atom stereocenters. The van der Waals surface area contributed by atoms with Crippen molar-refractivity contribution in [1.29, 1.82) is 0 Å². The summed E-state index contributed by atoms with van der Waals surface area (Å²) in [5.74, 6) is 0. The van der Waals surface area contributed by atoms with Gasteiger partial charge in [-0.3, -0.25) is 0 Å². The molecule has 0 aromatic rings. The number of halogens is 2. The van der Waals surface area contributed by atoms with Gasteiger partial charge in [-0.05, 0) is 6.04 Å². The van der Waals surface area contributed by atoms with Crippen LogP contribution in [0.1, 0.15) is 45.4 Å². The van der Waals surface area contributed by atoms with E-state index in [-0.39, 0.29) is 0 Å². The zero-order valence-corrected chi connectivity index (χ0v) is 11.3. The summed E-state index contributed by atoms with van der Waals surface area (Å²) in [5, 5.41) is -0.591. The van der Waals surface area contributed by atoms with Crippen molar-refractivity contribution in [2.24, 2.45) is 0 Å². The molecule has 0 saturated carbocycles. The first-order valence-electron chi connectivity index (χ1n) is 5.17. The second kappa shape index (κ2) is 10.8. The lowest BCUT2D eigenvalue weighted by atomic mass is 10.1. The van der Waals surface area contributed by atoms with Crippen molar-refractivity contribution in [2.75, 3.05) is 0 Å². The van der Waals surface area contributed by atoms with Gasteiger partial charge in [0.1, 0.15) is 0 Å². The highest BCUT2D eigenvalue weighted by Gasteiger charge is 1.97. The molecule has 0 aromatic heterocycles. The van der Waals surface area contributed by atoms with Gasteiger partial charge in [0, 0.05) is 0 Å². The van der Waals surface area contributed by atoms with Gasteiger partial charge in [0.2, 0.25) is 0 Å². The highest BCUT2D eigenvalue weighted by molar-refractivity contribution is 6.45. The van der Waals surface area contributed by atoms with E-state index in [0.29, 0.717) is 0 Å². The Labute approximate surface area is 94.1 Å². The standard InChI is InChI=1S/C9H20Cl2OSi/c1-2-3-4-5-6-7-8-13-12-9(10)11/h9H,2-8,13H2,1H3. The second-order valence-electron chi connectivity index (χ2n) is 3.25. The van der Waals surface area contributed by atoms with Crippen LogP contribution in [0.4, 0.5) is 0 Å². The Kier molecular flexibility index (Phi) is 11.5. The number of unbranched alkanes of at least 4 members (excludes halogenated alkanes) is 5. The Balaban J connectivity index is 2.84. The van der Waals surface area contributed by atoms with E-state index in [2.05, 4.69) is 6.92 Å². The van der Waals surface area contributed by atoms with Crippen LogP contribution in [0, 0.1) is 0 Å². The summed E-state index contributed by atoms with van der Waals surface area (Å²) >= 11 is 10.9. The Morgan fingerprint density at radius 1 is 1.08 bits per heavy atom. The molecule has 0 N–H and O–H groups in total. The quantitative estimate of drug-likeness (QED) is 0.341. The van der Waals surface area contributed by atoms with Crippen LogP contribution in [0.2, 0.25) is 6.04 Å². The minimum atomic E-state index is -0.591. The van der Waals surface area contributed by atoms with Gasteiger partial charge in [-0.25, -0.2) is 0 Å². The number of hydrogen-bond donors (Lipinski definition) is 0. The highest BCUT2D eigenvalue weighted by atomic mass is 35.5. The Morgan fingerprint density at radius 2 is 1.69 bits per heavy atom. The van der Waals surface area contributed by atoms with Crippen molar-refractivity contribution < 1.29 is 4.43 Å². The minimum Gasteiger partial charge on any atom is -0.397 e. The SMILES string of the molecule is CCCCCCCC[SiH2]OC(Cl)Cl. The summed E-state index contributed by atoms with van der Waals surface area (Å²) in [7, 11) is -0.440. The maximum Gasteiger partial charge on any atom is 0.197 e. The van der Waals surface area contributed by atoms with E-state index in [1.807, 2.05) is 0 Å². The third-order valence-electron chi connectivity index (χ3n) is 1.99. The summed E-state index contributed by atoms with van der Waals surface area (Å²) in [6.07, 6.45) is 8.07. The lowest BCUT2D eigenvalue weighted by molar-refractivity contribution is 0.374. The fourth-order valence-electron chi connectivity index (χ4n) is 1.23. The maximum atomic E-state index is 5.44. The first-order chi connectivity index (χ1) is 6.27. The summed E-state index contributed by atoms with van der Waals surface area (Å²) < 4.78 is 5.14. The third-order valence-corrected chi connectivity index (χ3v) is 4.02. The fraction of sp³-hybridized carbons (Fsp3) is 1.00. The molecule has 0 fully saturated rings. The molecule has 80 valence electrons. The first kappa shape index (κ1) is 13.8. The summed E-state index contributed by atoms with van der Waals surface area (Å²) in [5.41, 5.74) is 0. The maximum absolute atomic E-state index is 5.44. The smallest absolute Gasteiger partial charge is 0.197 e. The van der Waals surface area contributed by atoms with E-state index < -0.39 is 14.8 Å². The zero-order valence-electron chi connectivity index (χ0n) is 8.40. The van der Waals surface area contributed by atoms with Crippen molar-refractivity contribution in [2.45, 2.75) is 56.5 Å².